The first-order valence-corrected chi connectivity index (χ1v) is 8.68. The van der Waals surface area contributed by atoms with Gasteiger partial charge in [-0.25, -0.2) is 4.79 Å². The number of hydrogen-bond acceptors (Lipinski definition) is 6. The Bertz CT molecular complexity index is 858. The second kappa shape index (κ2) is 9.90. The zero-order valence-corrected chi connectivity index (χ0v) is 16.2. The summed E-state index contributed by atoms with van der Waals surface area (Å²) in [6, 6.07) is 4.84. The quantitative estimate of drug-likeness (QED) is 0.385. The highest BCUT2D eigenvalue weighted by Crippen LogP contribution is 2.29. The van der Waals surface area contributed by atoms with E-state index in [9.17, 15) is 18.0 Å². The van der Waals surface area contributed by atoms with E-state index in [1.54, 1.807) is 19.1 Å². The van der Waals surface area contributed by atoms with Gasteiger partial charge in [-0.05, 0) is 36.6 Å². The Kier molecular flexibility index (Phi) is 7.58. The number of benzene rings is 1. The summed E-state index contributed by atoms with van der Waals surface area (Å²) in [6.45, 7) is 1.64. The number of alkyl halides is 3. The molecular formula is C20H21F3N2O4. The number of carbonyl (C=O) groups is 1. The summed E-state index contributed by atoms with van der Waals surface area (Å²) >= 11 is 0. The molecule has 6 nitrogen and oxygen atoms in total. The third-order valence-corrected chi connectivity index (χ3v) is 4.19. The molecule has 0 bridgehead atoms. The van der Waals surface area contributed by atoms with Crippen molar-refractivity contribution in [2.75, 3.05) is 20.8 Å². The number of allylic oxidation sites excluding steroid dienone is 3. The van der Waals surface area contributed by atoms with Crippen molar-refractivity contribution in [2.45, 2.75) is 19.5 Å². The Morgan fingerprint density at radius 1 is 1.24 bits per heavy atom. The van der Waals surface area contributed by atoms with Gasteiger partial charge in [0.2, 0.25) is 0 Å². The third kappa shape index (κ3) is 5.94. The molecule has 0 fully saturated rings. The summed E-state index contributed by atoms with van der Waals surface area (Å²) in [4.78, 5) is 22.1. The molecule has 1 aliphatic carbocycles. The van der Waals surface area contributed by atoms with Crippen molar-refractivity contribution in [3.8, 4) is 0 Å². The number of halogens is 3. The molecule has 156 valence electrons. The number of methoxy groups -OCH3 is 1. The summed E-state index contributed by atoms with van der Waals surface area (Å²) in [5, 5.41) is 7.66. The van der Waals surface area contributed by atoms with Crippen molar-refractivity contribution in [1.29, 1.82) is 0 Å². The molecule has 1 unspecified atom stereocenters. The maximum atomic E-state index is 12.9. The molecule has 1 atom stereocenters. The van der Waals surface area contributed by atoms with E-state index in [0.717, 1.165) is 12.1 Å². The van der Waals surface area contributed by atoms with E-state index in [4.69, 9.17) is 14.4 Å². The standard InChI is InChI=1S/C20H21F3N2O4/c1-13(14-8-6-9-16(11-14)20(21,22)23)24-29-12-15-7-4-5-10-17(15)18(25-28-3)19(26)27-2/h4-6,8-11,15H,7,12H2,1-3H3/b24-13+,25-18-. The molecule has 0 N–H and O–H groups in total. The van der Waals surface area contributed by atoms with Crippen LogP contribution in [0.4, 0.5) is 13.2 Å². The van der Waals surface area contributed by atoms with Crippen LogP contribution in [0.5, 0.6) is 0 Å². The Balaban J connectivity index is 2.12. The van der Waals surface area contributed by atoms with Crippen LogP contribution in [0.2, 0.25) is 0 Å². The average Bonchev–Trinajstić information content (AvgIpc) is 2.71. The summed E-state index contributed by atoms with van der Waals surface area (Å²) in [6.07, 6.45) is 1.50. The molecule has 1 aliphatic rings. The maximum absolute atomic E-state index is 12.9. The summed E-state index contributed by atoms with van der Waals surface area (Å²) in [7, 11) is 2.55. The normalized spacial score (nSPS) is 17.6. The minimum absolute atomic E-state index is 0.0199. The van der Waals surface area contributed by atoms with Gasteiger partial charge in [0.1, 0.15) is 13.7 Å². The third-order valence-electron chi connectivity index (χ3n) is 4.19. The van der Waals surface area contributed by atoms with Gasteiger partial charge < -0.3 is 14.4 Å². The van der Waals surface area contributed by atoms with Gasteiger partial charge >= 0.3 is 12.1 Å². The number of ether oxygens (including phenoxy) is 1. The largest absolute Gasteiger partial charge is 0.464 e. The number of esters is 1. The number of carbonyl (C=O) groups excluding carboxylic acids is 1. The predicted octanol–water partition coefficient (Wildman–Crippen LogP) is 4.12. The van der Waals surface area contributed by atoms with Crippen molar-refractivity contribution in [2.24, 2.45) is 16.2 Å². The fourth-order valence-electron chi connectivity index (χ4n) is 2.70. The topological polar surface area (TPSA) is 69.5 Å². The molecule has 0 aromatic heterocycles. The molecule has 0 radical (unpaired) electrons. The Morgan fingerprint density at radius 3 is 2.66 bits per heavy atom. The van der Waals surface area contributed by atoms with E-state index in [1.807, 2.05) is 6.08 Å². The molecule has 2 rings (SSSR count). The molecule has 0 saturated heterocycles. The second-order valence-corrected chi connectivity index (χ2v) is 6.15. The lowest BCUT2D eigenvalue weighted by molar-refractivity contribution is -0.137. The van der Waals surface area contributed by atoms with E-state index in [0.29, 0.717) is 23.3 Å². The molecule has 0 saturated carbocycles. The molecule has 0 heterocycles. The van der Waals surface area contributed by atoms with Crippen LogP contribution < -0.4 is 0 Å². The molecule has 1 aromatic carbocycles. The fourth-order valence-corrected chi connectivity index (χ4v) is 2.70. The van der Waals surface area contributed by atoms with Crippen LogP contribution in [-0.4, -0.2) is 38.2 Å². The highest BCUT2D eigenvalue weighted by Gasteiger charge is 2.30. The molecule has 1 aromatic rings. The van der Waals surface area contributed by atoms with E-state index >= 15 is 0 Å². The molecule has 29 heavy (non-hydrogen) atoms. The first-order valence-electron chi connectivity index (χ1n) is 8.68. The zero-order chi connectivity index (χ0) is 21.4. The van der Waals surface area contributed by atoms with Crippen molar-refractivity contribution >= 4 is 17.4 Å². The SMILES string of the molecule is CO/N=C(\C(=O)OC)C1=CC=CCC1CO/N=C(\C)c1cccc(C(F)(F)F)c1. The van der Waals surface area contributed by atoms with Gasteiger partial charge in [-0.15, -0.1) is 0 Å². The van der Waals surface area contributed by atoms with Gasteiger partial charge in [0, 0.05) is 5.92 Å². The van der Waals surface area contributed by atoms with Crippen molar-refractivity contribution in [1.82, 2.24) is 0 Å². The van der Waals surface area contributed by atoms with Crippen molar-refractivity contribution in [3.63, 3.8) is 0 Å². The smallest absolute Gasteiger partial charge is 0.416 e. The van der Waals surface area contributed by atoms with Gasteiger partial charge in [0.25, 0.3) is 0 Å². The minimum atomic E-state index is -4.43. The summed E-state index contributed by atoms with van der Waals surface area (Å²) in [5.41, 5.74) is 0.424. The van der Waals surface area contributed by atoms with Crippen molar-refractivity contribution < 1.29 is 32.4 Å². The van der Waals surface area contributed by atoms with Crippen LogP contribution >= 0.6 is 0 Å². The van der Waals surface area contributed by atoms with E-state index in [1.165, 1.54) is 26.4 Å². The highest BCUT2D eigenvalue weighted by molar-refractivity contribution is 6.43. The first kappa shape index (κ1) is 22.2. The van der Waals surface area contributed by atoms with Crippen LogP contribution in [-0.2, 0) is 25.4 Å². The monoisotopic (exact) mass is 410 g/mol. The predicted molar refractivity (Wildman–Crippen MR) is 101 cm³/mol. The second-order valence-electron chi connectivity index (χ2n) is 6.15. The van der Waals surface area contributed by atoms with Crippen LogP contribution in [0.3, 0.4) is 0 Å². The minimum Gasteiger partial charge on any atom is -0.464 e. The Morgan fingerprint density at radius 2 is 2.00 bits per heavy atom. The molecule has 0 amide bonds. The van der Waals surface area contributed by atoms with Gasteiger partial charge in [0.15, 0.2) is 5.71 Å². The lowest BCUT2D eigenvalue weighted by Gasteiger charge is -2.20. The van der Waals surface area contributed by atoms with E-state index in [-0.39, 0.29) is 18.2 Å². The van der Waals surface area contributed by atoms with Crippen molar-refractivity contribution in [3.05, 3.63) is 59.2 Å². The first-order chi connectivity index (χ1) is 13.8. The molecular weight excluding hydrogens is 389 g/mol. The number of rotatable bonds is 7. The van der Waals surface area contributed by atoms with Gasteiger partial charge in [0.05, 0.1) is 18.4 Å². The van der Waals surface area contributed by atoms with Crippen LogP contribution in [0.15, 0.2) is 58.4 Å². The zero-order valence-electron chi connectivity index (χ0n) is 16.2. The number of hydrogen-bond donors (Lipinski definition) is 0. The molecule has 0 aliphatic heterocycles. The van der Waals surface area contributed by atoms with Crippen LogP contribution in [0, 0.1) is 5.92 Å². The maximum Gasteiger partial charge on any atom is 0.416 e. The van der Waals surface area contributed by atoms with Gasteiger partial charge in [-0.1, -0.05) is 40.7 Å². The van der Waals surface area contributed by atoms with Gasteiger partial charge in [-0.2, -0.15) is 13.2 Å². The Hall–Kier alpha value is -3.10. The molecule has 0 spiro atoms. The summed E-state index contributed by atoms with van der Waals surface area (Å²) < 4.78 is 43.3. The lowest BCUT2D eigenvalue weighted by Crippen LogP contribution is -2.26. The summed E-state index contributed by atoms with van der Waals surface area (Å²) in [5.74, 6) is -0.909. The van der Waals surface area contributed by atoms with Gasteiger partial charge in [-0.3, -0.25) is 0 Å². The lowest BCUT2D eigenvalue weighted by atomic mass is 9.89. The van der Waals surface area contributed by atoms with E-state index < -0.39 is 17.7 Å². The number of oxime groups is 2. The highest BCUT2D eigenvalue weighted by atomic mass is 19.4. The fraction of sp³-hybridized carbons (Fsp3) is 0.350. The van der Waals surface area contributed by atoms with E-state index in [2.05, 4.69) is 10.3 Å². The number of nitrogens with zero attached hydrogens (tertiary/aromatic N) is 2. The molecule has 9 heteroatoms. The van der Waals surface area contributed by atoms with Crippen LogP contribution in [0.25, 0.3) is 0 Å². The van der Waals surface area contributed by atoms with Crippen LogP contribution in [0.1, 0.15) is 24.5 Å². The Labute approximate surface area is 166 Å². The average molecular weight is 410 g/mol.